The second-order valence-corrected chi connectivity index (χ2v) is 9.67. The Morgan fingerprint density at radius 3 is 2.43 bits per heavy atom. The maximum atomic E-state index is 12.8. The molecular weight excluding hydrogens is 312 g/mol. The number of hydrogen-bond acceptors (Lipinski definition) is 5. The zero-order valence-corrected chi connectivity index (χ0v) is 14.0. The summed E-state index contributed by atoms with van der Waals surface area (Å²) in [6.07, 6.45) is 0.332. The van der Waals surface area contributed by atoms with Crippen molar-refractivity contribution in [1.29, 1.82) is 0 Å². The molecule has 1 atom stereocenters. The van der Waals surface area contributed by atoms with Crippen LogP contribution in [0.15, 0.2) is 17.0 Å². The van der Waals surface area contributed by atoms with E-state index < -0.39 is 25.9 Å². The van der Waals surface area contributed by atoms with Gasteiger partial charge in [-0.15, -0.1) is 0 Å². The summed E-state index contributed by atoms with van der Waals surface area (Å²) in [4.78, 5) is 0.175. The normalized spacial score (nSPS) is 21.8. The summed E-state index contributed by atoms with van der Waals surface area (Å²) in [5.74, 6) is -0.0877. The van der Waals surface area contributed by atoms with Crippen molar-refractivity contribution in [3.05, 3.63) is 23.3 Å². The number of sulfone groups is 1. The largest absolute Gasteiger partial charge is 0.398 e. The van der Waals surface area contributed by atoms with Crippen LogP contribution in [0.3, 0.4) is 0 Å². The lowest BCUT2D eigenvalue weighted by Crippen LogP contribution is -2.38. The Hall–Kier alpha value is -1.12. The van der Waals surface area contributed by atoms with Crippen LogP contribution < -0.4 is 5.73 Å². The van der Waals surface area contributed by atoms with Gasteiger partial charge in [-0.3, -0.25) is 0 Å². The van der Waals surface area contributed by atoms with Crippen LogP contribution in [0.1, 0.15) is 17.5 Å². The second kappa shape index (κ2) is 5.26. The van der Waals surface area contributed by atoms with Crippen molar-refractivity contribution < 1.29 is 16.8 Å². The van der Waals surface area contributed by atoms with Crippen molar-refractivity contribution in [2.24, 2.45) is 0 Å². The van der Waals surface area contributed by atoms with Crippen molar-refractivity contribution in [3.8, 4) is 0 Å². The average Bonchev–Trinajstić information content (AvgIpc) is 2.73. The van der Waals surface area contributed by atoms with Gasteiger partial charge in [-0.2, -0.15) is 4.31 Å². The SMILES string of the molecule is Cc1ccc(N)c(C)c1S(=O)(=O)N(C)C1CCS(=O)(=O)C1. The van der Waals surface area contributed by atoms with Crippen LogP contribution in [0.2, 0.25) is 0 Å². The van der Waals surface area contributed by atoms with Crippen molar-refractivity contribution in [2.45, 2.75) is 31.2 Å². The molecule has 8 heteroatoms. The van der Waals surface area contributed by atoms with E-state index in [4.69, 9.17) is 5.73 Å². The Labute approximate surface area is 125 Å². The fourth-order valence-corrected chi connectivity index (χ4v) is 6.35. The molecule has 1 saturated heterocycles. The van der Waals surface area contributed by atoms with Crippen molar-refractivity contribution in [1.82, 2.24) is 4.31 Å². The highest BCUT2D eigenvalue weighted by Crippen LogP contribution is 2.30. The number of nitrogens with zero attached hydrogens (tertiary/aromatic N) is 1. The third-order valence-electron chi connectivity index (χ3n) is 4.00. The number of hydrogen-bond donors (Lipinski definition) is 1. The van der Waals surface area contributed by atoms with E-state index in [1.165, 1.54) is 11.4 Å². The zero-order chi connectivity index (χ0) is 16.0. The van der Waals surface area contributed by atoms with Gasteiger partial charge >= 0.3 is 0 Å². The molecule has 1 aliphatic heterocycles. The van der Waals surface area contributed by atoms with Crippen LogP contribution in [0.25, 0.3) is 0 Å². The van der Waals surface area contributed by atoms with Crippen molar-refractivity contribution >= 4 is 25.5 Å². The van der Waals surface area contributed by atoms with Gasteiger partial charge in [0, 0.05) is 18.8 Å². The van der Waals surface area contributed by atoms with Crippen molar-refractivity contribution in [2.75, 3.05) is 24.3 Å². The van der Waals surface area contributed by atoms with Crippen LogP contribution >= 0.6 is 0 Å². The molecule has 0 saturated carbocycles. The van der Waals surface area contributed by atoms with Gasteiger partial charge in [-0.1, -0.05) is 6.07 Å². The molecule has 0 spiro atoms. The molecule has 0 aliphatic carbocycles. The highest BCUT2D eigenvalue weighted by atomic mass is 32.2. The van der Waals surface area contributed by atoms with Gasteiger partial charge in [0.05, 0.1) is 16.4 Å². The second-order valence-electron chi connectivity index (χ2n) is 5.50. The fraction of sp³-hybridized carbons (Fsp3) is 0.538. The summed E-state index contributed by atoms with van der Waals surface area (Å²) < 4.78 is 49.9. The lowest BCUT2D eigenvalue weighted by molar-refractivity contribution is 0.393. The number of sulfonamides is 1. The first-order chi connectivity index (χ1) is 9.56. The molecule has 118 valence electrons. The number of nitrogens with two attached hydrogens (primary N) is 1. The molecule has 0 radical (unpaired) electrons. The zero-order valence-electron chi connectivity index (χ0n) is 12.3. The topological polar surface area (TPSA) is 97.5 Å². The predicted molar refractivity (Wildman–Crippen MR) is 82.3 cm³/mol. The minimum Gasteiger partial charge on any atom is -0.398 e. The highest BCUT2D eigenvalue weighted by Gasteiger charge is 2.37. The molecule has 1 heterocycles. The Balaban J connectivity index is 2.46. The summed E-state index contributed by atoms with van der Waals surface area (Å²) >= 11 is 0. The molecule has 0 bridgehead atoms. The quantitative estimate of drug-likeness (QED) is 0.822. The number of aryl methyl sites for hydroxylation is 1. The van der Waals surface area contributed by atoms with Crippen molar-refractivity contribution in [3.63, 3.8) is 0 Å². The molecule has 0 aromatic heterocycles. The summed E-state index contributed by atoms with van der Waals surface area (Å²) in [5, 5.41) is 0. The van der Waals surface area contributed by atoms with Gasteiger partial charge in [0.2, 0.25) is 10.0 Å². The fourth-order valence-electron chi connectivity index (χ4n) is 2.64. The average molecular weight is 332 g/mol. The molecule has 1 aromatic rings. The molecular formula is C13H20N2O4S2. The third-order valence-corrected chi connectivity index (χ3v) is 7.96. The number of anilines is 1. The molecule has 1 aliphatic rings. The minimum atomic E-state index is -3.77. The van der Waals surface area contributed by atoms with Gasteiger partial charge in [0.25, 0.3) is 0 Å². The highest BCUT2D eigenvalue weighted by molar-refractivity contribution is 7.92. The number of nitrogen functional groups attached to an aromatic ring is 1. The smallest absolute Gasteiger partial charge is 0.243 e. The molecule has 0 amide bonds. The van der Waals surface area contributed by atoms with E-state index >= 15 is 0 Å². The van der Waals surface area contributed by atoms with E-state index in [0.717, 1.165) is 0 Å². The Bertz CT molecular complexity index is 770. The van der Waals surface area contributed by atoms with Gasteiger partial charge in [0.15, 0.2) is 9.84 Å². The van der Waals surface area contributed by atoms with Gasteiger partial charge in [-0.25, -0.2) is 16.8 Å². The molecule has 1 unspecified atom stereocenters. The lowest BCUT2D eigenvalue weighted by atomic mass is 10.1. The number of rotatable bonds is 3. The van der Waals surface area contributed by atoms with Crippen LogP contribution in [0, 0.1) is 13.8 Å². The van der Waals surface area contributed by atoms with E-state index in [2.05, 4.69) is 0 Å². The minimum absolute atomic E-state index is 0.0341. The lowest BCUT2D eigenvalue weighted by Gasteiger charge is -2.25. The molecule has 1 fully saturated rings. The first kappa shape index (κ1) is 16.3. The van der Waals surface area contributed by atoms with Gasteiger partial charge in [-0.05, 0) is 37.5 Å². The molecule has 2 rings (SSSR count). The van der Waals surface area contributed by atoms with Gasteiger partial charge < -0.3 is 5.73 Å². The molecule has 21 heavy (non-hydrogen) atoms. The summed E-state index contributed by atoms with van der Waals surface area (Å²) in [6.45, 7) is 3.37. The molecule has 2 N–H and O–H groups in total. The molecule has 6 nitrogen and oxygen atoms in total. The van der Waals surface area contributed by atoms with E-state index in [-0.39, 0.29) is 16.4 Å². The van der Waals surface area contributed by atoms with E-state index in [1.54, 1.807) is 26.0 Å². The summed E-state index contributed by atoms with van der Waals surface area (Å²) in [7, 11) is -5.48. The Morgan fingerprint density at radius 2 is 1.90 bits per heavy atom. The third kappa shape index (κ3) is 2.93. The predicted octanol–water partition coefficient (Wildman–Crippen LogP) is 0.693. The monoisotopic (exact) mass is 332 g/mol. The van der Waals surface area contributed by atoms with E-state index in [0.29, 0.717) is 23.2 Å². The van der Waals surface area contributed by atoms with Crippen LogP contribution in [0.4, 0.5) is 5.69 Å². The van der Waals surface area contributed by atoms with Crippen LogP contribution in [-0.4, -0.2) is 45.7 Å². The summed E-state index contributed by atoms with van der Waals surface area (Å²) in [5.41, 5.74) is 7.32. The van der Waals surface area contributed by atoms with E-state index in [1.807, 2.05) is 0 Å². The van der Waals surface area contributed by atoms with E-state index in [9.17, 15) is 16.8 Å². The van der Waals surface area contributed by atoms with Crippen LogP contribution in [0.5, 0.6) is 0 Å². The summed E-state index contributed by atoms with van der Waals surface area (Å²) in [6, 6.07) is 2.82. The van der Waals surface area contributed by atoms with Crippen LogP contribution in [-0.2, 0) is 19.9 Å². The molecule has 1 aromatic carbocycles. The van der Waals surface area contributed by atoms with Gasteiger partial charge in [0.1, 0.15) is 0 Å². The number of benzene rings is 1. The maximum absolute atomic E-state index is 12.8. The Kier molecular flexibility index (Phi) is 4.07. The first-order valence-electron chi connectivity index (χ1n) is 6.60. The Morgan fingerprint density at radius 1 is 1.29 bits per heavy atom. The standard InChI is InChI=1S/C13H20N2O4S2/c1-9-4-5-12(14)10(2)13(9)21(18,19)15(3)11-6-7-20(16,17)8-11/h4-5,11H,6-8,14H2,1-3H3. The first-order valence-corrected chi connectivity index (χ1v) is 9.86. The maximum Gasteiger partial charge on any atom is 0.243 e.